The molecule has 1 aliphatic rings. The molecule has 2 aromatic heterocycles. The monoisotopic (exact) mass is 612 g/mol. The average Bonchev–Trinajstić information content (AvgIpc) is 3.59. The van der Waals surface area contributed by atoms with Crippen molar-refractivity contribution in [3.05, 3.63) is 46.0 Å². The zero-order chi connectivity index (χ0) is 24.0. The Labute approximate surface area is 214 Å². The first kappa shape index (κ1) is 28.7. The van der Waals surface area contributed by atoms with Crippen LogP contribution in [0.3, 0.4) is 0 Å². The van der Waals surface area contributed by atoms with Gasteiger partial charge in [-0.3, -0.25) is 9.59 Å². The number of halogens is 4. The number of esters is 2. The standard InChI is InChI=1S/C10H11ClN2O2.C8H9ClN2O2.C2H4Br2/c1-2-15-9(14)10(5-6-10)7-3-4-8(11)13-12-7;1-2-13-8(12)5-6-3-4-7(9)11-10-6;3-1-2-4/h3-4H,2,5-6H2,1H3;3-4H,2,5H2,1H3;1-2H2. The van der Waals surface area contributed by atoms with Gasteiger partial charge in [0.25, 0.3) is 0 Å². The molecule has 0 amide bonds. The molecule has 8 nitrogen and oxygen atoms in total. The van der Waals surface area contributed by atoms with Crippen molar-refractivity contribution >= 4 is 67.0 Å². The van der Waals surface area contributed by atoms with Gasteiger partial charge in [-0.25, -0.2) is 0 Å². The molecule has 0 aromatic carbocycles. The second-order valence-electron chi connectivity index (χ2n) is 6.25. The van der Waals surface area contributed by atoms with Gasteiger partial charge in [-0.2, -0.15) is 10.2 Å². The Morgan fingerprint density at radius 3 is 1.88 bits per heavy atom. The zero-order valence-corrected chi connectivity index (χ0v) is 22.4. The number of hydrogen-bond acceptors (Lipinski definition) is 8. The Hall–Kier alpha value is -1.36. The predicted molar refractivity (Wildman–Crippen MR) is 130 cm³/mol. The number of rotatable bonds is 7. The fourth-order valence-electron chi connectivity index (χ4n) is 2.33. The van der Waals surface area contributed by atoms with Crippen LogP contribution >= 0.6 is 55.1 Å². The van der Waals surface area contributed by atoms with Crippen molar-refractivity contribution in [2.45, 2.75) is 38.5 Å². The fraction of sp³-hybridized carbons (Fsp3) is 0.500. The molecule has 176 valence electrons. The molecule has 0 atom stereocenters. The molecule has 0 saturated heterocycles. The van der Waals surface area contributed by atoms with Crippen LogP contribution in [0.4, 0.5) is 0 Å². The summed E-state index contributed by atoms with van der Waals surface area (Å²) in [4.78, 5) is 22.7. The molecule has 0 radical (unpaired) electrons. The summed E-state index contributed by atoms with van der Waals surface area (Å²) in [5.41, 5.74) is 0.668. The minimum absolute atomic E-state index is 0.137. The highest BCUT2D eigenvalue weighted by Crippen LogP contribution is 2.48. The summed E-state index contributed by atoms with van der Waals surface area (Å²) in [5.74, 6) is -0.513. The van der Waals surface area contributed by atoms with Crippen LogP contribution < -0.4 is 0 Å². The molecular formula is C20H24Br2Cl2N4O4. The molecule has 2 heterocycles. The normalized spacial score (nSPS) is 12.9. The van der Waals surface area contributed by atoms with Crippen LogP contribution in [0.5, 0.6) is 0 Å². The van der Waals surface area contributed by atoms with E-state index >= 15 is 0 Å². The quantitative estimate of drug-likeness (QED) is 0.326. The van der Waals surface area contributed by atoms with Gasteiger partial charge < -0.3 is 9.47 Å². The number of carbonyl (C=O) groups is 2. The third-order valence-electron chi connectivity index (χ3n) is 3.93. The largest absolute Gasteiger partial charge is 0.466 e. The Bertz CT molecular complexity index is 836. The predicted octanol–water partition coefficient (Wildman–Crippen LogP) is 4.74. The highest BCUT2D eigenvalue weighted by Gasteiger charge is 2.54. The van der Waals surface area contributed by atoms with E-state index in [0.29, 0.717) is 34.9 Å². The van der Waals surface area contributed by atoms with Crippen LogP contribution in [-0.4, -0.2) is 56.2 Å². The van der Waals surface area contributed by atoms with Gasteiger partial charge in [0, 0.05) is 10.7 Å². The van der Waals surface area contributed by atoms with Crippen molar-refractivity contribution in [2.75, 3.05) is 23.9 Å². The lowest BCUT2D eigenvalue weighted by molar-refractivity contribution is -0.146. The minimum Gasteiger partial charge on any atom is -0.466 e. The Balaban J connectivity index is 0.000000277. The summed E-state index contributed by atoms with van der Waals surface area (Å²) >= 11 is 17.6. The number of ether oxygens (including phenoxy) is 2. The Kier molecular flexibility index (Phi) is 13.9. The molecule has 0 unspecified atom stereocenters. The summed E-state index contributed by atoms with van der Waals surface area (Å²) in [5, 5.41) is 17.7. The fourth-order valence-corrected chi connectivity index (χ4v) is 2.53. The molecular weight excluding hydrogens is 591 g/mol. The summed E-state index contributed by atoms with van der Waals surface area (Å²) in [6, 6.07) is 6.61. The third-order valence-corrected chi connectivity index (χ3v) is 6.19. The van der Waals surface area contributed by atoms with Gasteiger partial charge in [-0.15, -0.1) is 10.2 Å². The topological polar surface area (TPSA) is 104 Å². The van der Waals surface area contributed by atoms with Crippen LogP contribution in [0.15, 0.2) is 24.3 Å². The highest BCUT2D eigenvalue weighted by atomic mass is 79.9. The van der Waals surface area contributed by atoms with Crippen molar-refractivity contribution in [3.8, 4) is 0 Å². The van der Waals surface area contributed by atoms with Crippen molar-refractivity contribution in [1.29, 1.82) is 0 Å². The van der Waals surface area contributed by atoms with Gasteiger partial charge in [-0.1, -0.05) is 55.1 Å². The molecule has 0 N–H and O–H groups in total. The van der Waals surface area contributed by atoms with E-state index in [4.69, 9.17) is 32.7 Å². The lowest BCUT2D eigenvalue weighted by atomic mass is 10.0. The van der Waals surface area contributed by atoms with Crippen LogP contribution in [0.1, 0.15) is 38.1 Å². The van der Waals surface area contributed by atoms with Gasteiger partial charge in [0.15, 0.2) is 10.3 Å². The first-order chi connectivity index (χ1) is 15.3. The van der Waals surface area contributed by atoms with E-state index in [1.54, 1.807) is 38.1 Å². The number of carbonyl (C=O) groups excluding carboxylic acids is 2. The second-order valence-corrected chi connectivity index (χ2v) is 8.61. The Morgan fingerprint density at radius 2 is 1.47 bits per heavy atom. The number of aromatic nitrogens is 4. The molecule has 12 heteroatoms. The van der Waals surface area contributed by atoms with Crippen LogP contribution in [0.2, 0.25) is 10.3 Å². The van der Waals surface area contributed by atoms with Gasteiger partial charge in [-0.05, 0) is 51.0 Å². The molecule has 1 aliphatic carbocycles. The van der Waals surface area contributed by atoms with Crippen LogP contribution in [0.25, 0.3) is 0 Å². The highest BCUT2D eigenvalue weighted by molar-refractivity contribution is 9.11. The average molecular weight is 615 g/mol. The van der Waals surface area contributed by atoms with Gasteiger partial charge >= 0.3 is 11.9 Å². The molecule has 3 rings (SSSR count). The van der Waals surface area contributed by atoms with Gasteiger partial charge in [0.2, 0.25) is 0 Å². The second kappa shape index (κ2) is 15.5. The van der Waals surface area contributed by atoms with Gasteiger partial charge in [0.1, 0.15) is 5.41 Å². The summed E-state index contributed by atoms with van der Waals surface area (Å²) < 4.78 is 9.75. The minimum atomic E-state index is -0.548. The first-order valence-corrected chi connectivity index (χ1v) is 12.7. The van der Waals surface area contributed by atoms with E-state index in [-0.39, 0.29) is 18.4 Å². The number of alkyl halides is 2. The van der Waals surface area contributed by atoms with E-state index in [2.05, 4.69) is 52.3 Å². The zero-order valence-electron chi connectivity index (χ0n) is 17.7. The molecule has 0 aliphatic heterocycles. The van der Waals surface area contributed by atoms with E-state index in [1.165, 1.54) is 0 Å². The van der Waals surface area contributed by atoms with Crippen molar-refractivity contribution in [2.24, 2.45) is 0 Å². The van der Waals surface area contributed by atoms with E-state index in [1.807, 2.05) is 0 Å². The van der Waals surface area contributed by atoms with Crippen molar-refractivity contribution < 1.29 is 19.1 Å². The van der Waals surface area contributed by atoms with E-state index in [9.17, 15) is 9.59 Å². The molecule has 1 fully saturated rings. The van der Waals surface area contributed by atoms with E-state index < -0.39 is 5.41 Å². The van der Waals surface area contributed by atoms with Gasteiger partial charge in [0.05, 0.1) is 31.0 Å². The molecule has 32 heavy (non-hydrogen) atoms. The van der Waals surface area contributed by atoms with Crippen molar-refractivity contribution in [3.63, 3.8) is 0 Å². The number of hydrogen-bond donors (Lipinski definition) is 0. The van der Waals surface area contributed by atoms with E-state index in [0.717, 1.165) is 23.5 Å². The lowest BCUT2D eigenvalue weighted by Crippen LogP contribution is -2.24. The SMILES string of the molecule is BrCCBr.CCOC(=O)C1(c2ccc(Cl)nn2)CC1.CCOC(=O)Cc1ccc(Cl)nn1. The Morgan fingerprint density at radius 1 is 0.906 bits per heavy atom. The summed E-state index contributed by atoms with van der Waals surface area (Å²) in [6.07, 6.45) is 1.70. The van der Waals surface area contributed by atoms with Crippen LogP contribution in [-0.2, 0) is 30.9 Å². The molecule has 0 bridgehead atoms. The molecule has 1 saturated carbocycles. The maximum absolute atomic E-state index is 11.7. The first-order valence-electron chi connectivity index (χ1n) is 9.75. The molecule has 0 spiro atoms. The third kappa shape index (κ3) is 10.1. The smallest absolute Gasteiger partial charge is 0.318 e. The van der Waals surface area contributed by atoms with Crippen molar-refractivity contribution in [1.82, 2.24) is 20.4 Å². The maximum atomic E-state index is 11.7. The summed E-state index contributed by atoms with van der Waals surface area (Å²) in [7, 11) is 0. The molecule has 2 aromatic rings. The number of nitrogens with zero attached hydrogens (tertiary/aromatic N) is 4. The van der Waals surface area contributed by atoms with Crippen LogP contribution in [0, 0.1) is 0 Å². The maximum Gasteiger partial charge on any atom is 0.318 e. The lowest BCUT2D eigenvalue weighted by Gasteiger charge is -2.11. The summed E-state index contributed by atoms with van der Waals surface area (Å²) in [6.45, 7) is 4.31.